The first-order valence-corrected chi connectivity index (χ1v) is 16.8. The average Bonchev–Trinajstić information content (AvgIpc) is 3.47. The summed E-state index contributed by atoms with van der Waals surface area (Å²) in [6.45, 7) is 0.183. The molecule has 0 saturated heterocycles. The van der Waals surface area contributed by atoms with Crippen LogP contribution in [0.4, 0.5) is 17.1 Å². The number of hydrogen-bond donors (Lipinski definition) is 0. The van der Waals surface area contributed by atoms with E-state index in [2.05, 4.69) is 138 Å². The molecule has 45 heavy (non-hydrogen) atoms. The molecule has 0 N–H and O–H groups in total. The van der Waals surface area contributed by atoms with E-state index in [1.165, 1.54) is 97.4 Å². The van der Waals surface area contributed by atoms with Gasteiger partial charge in [-0.2, -0.15) is 0 Å². The molecule has 3 heterocycles. The second kappa shape index (κ2) is 8.75. The van der Waals surface area contributed by atoms with Crippen molar-refractivity contribution in [2.24, 2.45) is 0 Å². The number of hydrogen-bond acceptors (Lipinski definition) is 2. The van der Waals surface area contributed by atoms with E-state index in [9.17, 15) is 0 Å². The molecule has 1 aromatic heterocycles. The van der Waals surface area contributed by atoms with Crippen LogP contribution in [-0.4, -0.2) is 6.71 Å². The van der Waals surface area contributed by atoms with Crippen molar-refractivity contribution < 1.29 is 0 Å². The van der Waals surface area contributed by atoms with Crippen LogP contribution in [0.3, 0.4) is 0 Å². The fourth-order valence-electron chi connectivity index (χ4n) is 8.71. The largest absolute Gasteiger partial charge is 0.311 e. The summed E-state index contributed by atoms with van der Waals surface area (Å²) in [6, 6.07) is 45.9. The van der Waals surface area contributed by atoms with Gasteiger partial charge in [-0.3, -0.25) is 0 Å². The Morgan fingerprint density at radius 3 is 2.44 bits per heavy atom. The maximum atomic E-state index is 2.56. The summed E-state index contributed by atoms with van der Waals surface area (Å²) in [6.07, 6.45) is 6.85. The monoisotopic (exact) mass is 587 g/mol. The Morgan fingerprint density at radius 1 is 0.622 bits per heavy atom. The summed E-state index contributed by atoms with van der Waals surface area (Å²) in [5, 5.41) is 8.09. The molecule has 0 atom stereocenters. The summed E-state index contributed by atoms with van der Waals surface area (Å²) < 4.78 is 2.73. The molecule has 0 bridgehead atoms. The van der Waals surface area contributed by atoms with Crippen LogP contribution >= 0.6 is 11.3 Å². The highest BCUT2D eigenvalue weighted by Gasteiger charge is 2.43. The molecule has 0 saturated carbocycles. The SMILES string of the molecule is C1=Cc2ccc3c(c2CC1)B1c2c(cccc2N3c2ccc3ccccc3c2)-c2c3c1cccc3cc1sc3ccccc3c21. The highest BCUT2D eigenvalue weighted by Crippen LogP contribution is 2.48. The van der Waals surface area contributed by atoms with Gasteiger partial charge in [-0.1, -0.05) is 103 Å². The topological polar surface area (TPSA) is 3.24 Å². The zero-order chi connectivity index (χ0) is 29.2. The molecule has 7 aromatic carbocycles. The van der Waals surface area contributed by atoms with Gasteiger partial charge in [0.1, 0.15) is 0 Å². The van der Waals surface area contributed by atoms with Gasteiger partial charge >= 0.3 is 0 Å². The molecule has 0 radical (unpaired) electrons. The Bertz CT molecular complexity index is 2630. The second-order valence-electron chi connectivity index (χ2n) is 12.7. The molecule has 1 aliphatic carbocycles. The Kier molecular flexibility index (Phi) is 4.71. The molecule has 0 amide bonds. The van der Waals surface area contributed by atoms with Crippen molar-refractivity contribution in [2.75, 3.05) is 4.90 Å². The van der Waals surface area contributed by atoms with E-state index in [1.54, 1.807) is 0 Å². The third kappa shape index (κ3) is 3.14. The fourth-order valence-corrected chi connectivity index (χ4v) is 9.87. The number of benzene rings is 7. The minimum Gasteiger partial charge on any atom is -0.311 e. The number of allylic oxidation sites excluding steroid dienone is 1. The molecule has 11 rings (SSSR count). The van der Waals surface area contributed by atoms with Crippen molar-refractivity contribution in [2.45, 2.75) is 12.8 Å². The van der Waals surface area contributed by atoms with E-state index in [0.29, 0.717) is 0 Å². The number of rotatable bonds is 1. The lowest BCUT2D eigenvalue weighted by molar-refractivity contribution is 0.992. The number of anilines is 3. The van der Waals surface area contributed by atoms with Crippen molar-refractivity contribution in [1.82, 2.24) is 0 Å². The lowest BCUT2D eigenvalue weighted by atomic mass is 9.31. The third-order valence-corrected chi connectivity index (χ3v) is 11.6. The van der Waals surface area contributed by atoms with Gasteiger partial charge in [0, 0.05) is 37.2 Å². The third-order valence-electron chi connectivity index (χ3n) is 10.5. The zero-order valence-corrected chi connectivity index (χ0v) is 25.4. The van der Waals surface area contributed by atoms with Gasteiger partial charge in [-0.15, -0.1) is 11.3 Å². The molecule has 0 unspecified atom stereocenters. The van der Waals surface area contributed by atoms with Gasteiger partial charge in [0.25, 0.3) is 0 Å². The molecule has 2 aliphatic heterocycles. The Labute approximate surface area is 265 Å². The minimum absolute atomic E-state index is 0.183. The van der Waals surface area contributed by atoms with Crippen LogP contribution in [0, 0.1) is 0 Å². The number of thiophene rings is 1. The predicted molar refractivity (Wildman–Crippen MR) is 196 cm³/mol. The van der Waals surface area contributed by atoms with Crippen LogP contribution in [0.25, 0.3) is 58.9 Å². The van der Waals surface area contributed by atoms with E-state index in [1.807, 2.05) is 11.3 Å². The van der Waals surface area contributed by atoms with Gasteiger partial charge in [0.2, 0.25) is 6.71 Å². The first kappa shape index (κ1) is 24.2. The zero-order valence-electron chi connectivity index (χ0n) is 24.5. The molecular weight excluding hydrogens is 561 g/mol. The molecular formula is C42H26BNS. The molecule has 3 heteroatoms. The Balaban J connectivity index is 1.32. The van der Waals surface area contributed by atoms with Crippen LogP contribution < -0.4 is 21.3 Å². The second-order valence-corrected chi connectivity index (χ2v) is 13.8. The van der Waals surface area contributed by atoms with Crippen molar-refractivity contribution in [3.05, 3.63) is 139 Å². The fraction of sp³-hybridized carbons (Fsp3) is 0.0476. The first-order chi connectivity index (χ1) is 22.3. The van der Waals surface area contributed by atoms with Gasteiger partial charge in [0.05, 0.1) is 0 Å². The molecule has 0 fully saturated rings. The minimum atomic E-state index is 0.183. The summed E-state index contributed by atoms with van der Waals surface area (Å²) in [5.74, 6) is 0. The molecule has 1 nitrogen and oxygen atoms in total. The van der Waals surface area contributed by atoms with E-state index in [-0.39, 0.29) is 6.71 Å². The highest BCUT2D eigenvalue weighted by atomic mass is 32.1. The van der Waals surface area contributed by atoms with Crippen LogP contribution in [0.15, 0.2) is 127 Å². The highest BCUT2D eigenvalue weighted by molar-refractivity contribution is 7.26. The molecule has 3 aliphatic rings. The smallest absolute Gasteiger partial charge is 0.248 e. The predicted octanol–water partition coefficient (Wildman–Crippen LogP) is 9.60. The van der Waals surface area contributed by atoms with Crippen molar-refractivity contribution in [3.8, 4) is 11.1 Å². The van der Waals surface area contributed by atoms with Crippen LogP contribution in [0.5, 0.6) is 0 Å². The standard InChI is InChI=1S/C42H26BNS/c1-2-11-27-23-29(21-19-25(27)9-1)44-34-17-8-15-32-40-38-28(24-37-39(40)31-14-5-6-18-36(31)45-37)12-7-16-33(38)43(42(32)34)41-30-13-4-3-10-26(30)20-22-35(41)44/h1-3,5-12,14-24H,4,13H2. The van der Waals surface area contributed by atoms with Gasteiger partial charge in [0.15, 0.2) is 0 Å². The van der Waals surface area contributed by atoms with E-state index in [0.717, 1.165) is 12.8 Å². The summed E-state index contributed by atoms with van der Waals surface area (Å²) in [4.78, 5) is 2.56. The number of nitrogens with zero attached hydrogens (tertiary/aromatic N) is 1. The summed E-state index contributed by atoms with van der Waals surface area (Å²) in [7, 11) is 0. The molecule has 8 aromatic rings. The van der Waals surface area contributed by atoms with Crippen LogP contribution in [0.2, 0.25) is 0 Å². The first-order valence-electron chi connectivity index (χ1n) is 15.9. The lowest BCUT2D eigenvalue weighted by Crippen LogP contribution is -2.60. The van der Waals surface area contributed by atoms with Crippen LogP contribution in [-0.2, 0) is 6.42 Å². The van der Waals surface area contributed by atoms with Crippen molar-refractivity contribution in [1.29, 1.82) is 0 Å². The van der Waals surface area contributed by atoms with Crippen molar-refractivity contribution >= 4 is 99.3 Å². The summed E-state index contributed by atoms with van der Waals surface area (Å²) >= 11 is 1.92. The van der Waals surface area contributed by atoms with Gasteiger partial charge < -0.3 is 4.90 Å². The van der Waals surface area contributed by atoms with Crippen LogP contribution in [0.1, 0.15) is 17.5 Å². The quantitative estimate of drug-likeness (QED) is 0.173. The maximum Gasteiger partial charge on any atom is 0.248 e. The number of fused-ring (bicyclic) bond motifs is 11. The lowest BCUT2D eigenvalue weighted by Gasteiger charge is -2.42. The molecule has 208 valence electrons. The average molecular weight is 588 g/mol. The maximum absolute atomic E-state index is 2.56. The van der Waals surface area contributed by atoms with E-state index < -0.39 is 0 Å². The van der Waals surface area contributed by atoms with E-state index in [4.69, 9.17) is 0 Å². The van der Waals surface area contributed by atoms with Gasteiger partial charge in [-0.05, 0) is 104 Å². The van der Waals surface area contributed by atoms with Gasteiger partial charge in [-0.25, -0.2) is 0 Å². The Morgan fingerprint density at radius 2 is 1.47 bits per heavy atom. The summed E-state index contributed by atoms with van der Waals surface area (Å²) in [5.41, 5.74) is 13.9. The van der Waals surface area contributed by atoms with E-state index >= 15 is 0 Å². The Hall–Kier alpha value is -5.12. The molecule has 0 spiro atoms. The normalized spacial score (nSPS) is 14.3. The van der Waals surface area contributed by atoms with Crippen molar-refractivity contribution in [3.63, 3.8) is 0 Å².